The molecule has 9 rings (SSSR count). The smallest absolute Gasteiger partial charge is 0.254 e. The summed E-state index contributed by atoms with van der Waals surface area (Å²) in [6.07, 6.45) is 15.3. The molecule has 0 aromatic heterocycles. The third-order valence-electron chi connectivity index (χ3n) is 18.8. The molecular formula is C67H89FN5O3+. The van der Waals surface area contributed by atoms with Crippen molar-refractivity contribution in [1.29, 1.82) is 0 Å². The van der Waals surface area contributed by atoms with Crippen molar-refractivity contribution in [2.24, 2.45) is 0 Å². The molecule has 406 valence electrons. The van der Waals surface area contributed by atoms with Gasteiger partial charge in [0.2, 0.25) is 11.3 Å². The van der Waals surface area contributed by atoms with Gasteiger partial charge in [-0.25, -0.2) is 8.97 Å². The Hall–Kier alpha value is -5.57. The molecule has 4 aromatic rings. The Bertz CT molecular complexity index is 3070. The summed E-state index contributed by atoms with van der Waals surface area (Å²) < 4.78 is 18.5. The molecule has 3 aliphatic heterocycles. The van der Waals surface area contributed by atoms with Gasteiger partial charge in [0.25, 0.3) is 11.8 Å². The third kappa shape index (κ3) is 10.3. The van der Waals surface area contributed by atoms with Crippen molar-refractivity contribution in [2.45, 2.75) is 193 Å². The molecule has 0 bridgehead atoms. The van der Waals surface area contributed by atoms with E-state index in [2.05, 4.69) is 95.2 Å². The van der Waals surface area contributed by atoms with Crippen molar-refractivity contribution < 1.29 is 18.8 Å². The van der Waals surface area contributed by atoms with Crippen molar-refractivity contribution in [3.05, 3.63) is 145 Å². The number of anilines is 1. The van der Waals surface area contributed by atoms with E-state index in [1.165, 1.54) is 55.2 Å². The minimum atomic E-state index is -1.36. The molecular weight excluding hydrogens is 942 g/mol. The number of amides is 3. The highest BCUT2D eigenvalue weighted by atomic mass is 19.1. The normalized spacial score (nSPS) is 20.6. The summed E-state index contributed by atoms with van der Waals surface area (Å²) >= 11 is 0. The van der Waals surface area contributed by atoms with E-state index in [-0.39, 0.29) is 35.1 Å². The number of hydrogen-bond acceptors (Lipinski definition) is 4. The van der Waals surface area contributed by atoms with E-state index in [9.17, 15) is 9.59 Å². The quantitative estimate of drug-likeness (QED) is 0.0932. The SMILES string of the molecule is CCN1c2cc3c(cc2C(C)CC1(C)C)C(c1ccccc1C(=O)N(C)CCCC(=O)N(C)C(C)(C)CC(C)(C)N(C)C(=O)c1ccc(CC2(F)C=CCCCCC2)cc1)=c1cc2c4c(c1C3(C)C)CCC[N+]=4CCC2. The summed E-state index contributed by atoms with van der Waals surface area (Å²) in [6, 6.07) is 23.2. The minimum Gasteiger partial charge on any atom is -0.366 e. The number of benzene rings is 4. The number of nitrogens with zero attached hydrogens (tertiary/aromatic N) is 5. The van der Waals surface area contributed by atoms with Crippen LogP contribution in [0.4, 0.5) is 10.1 Å². The van der Waals surface area contributed by atoms with Gasteiger partial charge in [-0.15, -0.1) is 0 Å². The highest BCUT2D eigenvalue weighted by Crippen LogP contribution is 2.50. The zero-order chi connectivity index (χ0) is 54.7. The summed E-state index contributed by atoms with van der Waals surface area (Å²) in [5.41, 5.74) is 11.1. The number of carbonyl (C=O) groups excluding carboxylic acids is 3. The van der Waals surface area contributed by atoms with Gasteiger partial charge < -0.3 is 19.6 Å². The van der Waals surface area contributed by atoms with Gasteiger partial charge in [-0.05, 0) is 193 Å². The zero-order valence-corrected chi connectivity index (χ0v) is 48.6. The number of halogens is 1. The van der Waals surface area contributed by atoms with Crippen molar-refractivity contribution in [3.8, 4) is 0 Å². The van der Waals surface area contributed by atoms with Gasteiger partial charge in [0.1, 0.15) is 18.8 Å². The van der Waals surface area contributed by atoms with Crippen LogP contribution in [0.25, 0.3) is 5.57 Å². The Labute approximate surface area is 455 Å². The van der Waals surface area contributed by atoms with Gasteiger partial charge >= 0.3 is 0 Å². The number of hydrogen-bond donors (Lipinski definition) is 0. The van der Waals surface area contributed by atoms with E-state index in [0.717, 1.165) is 88.5 Å². The van der Waals surface area contributed by atoms with Gasteiger partial charge in [0.05, 0.1) is 0 Å². The van der Waals surface area contributed by atoms with E-state index in [0.29, 0.717) is 49.3 Å². The molecule has 5 aliphatic rings. The average Bonchev–Trinajstić information content (AvgIpc) is 3.48. The molecule has 76 heavy (non-hydrogen) atoms. The van der Waals surface area contributed by atoms with Gasteiger partial charge in [-0.3, -0.25) is 14.4 Å². The third-order valence-corrected chi connectivity index (χ3v) is 18.8. The van der Waals surface area contributed by atoms with Crippen LogP contribution in [0.15, 0.2) is 78.9 Å². The zero-order valence-electron chi connectivity index (χ0n) is 48.6. The lowest BCUT2D eigenvalue weighted by molar-refractivity contribution is -0.135. The van der Waals surface area contributed by atoms with Crippen LogP contribution in [0.2, 0.25) is 0 Å². The number of carbonyl (C=O) groups is 3. The molecule has 3 amide bonds. The molecule has 0 fully saturated rings. The van der Waals surface area contributed by atoms with Crippen LogP contribution in [-0.2, 0) is 29.5 Å². The maximum absolute atomic E-state index is 15.8. The Morgan fingerprint density at radius 2 is 1.51 bits per heavy atom. The van der Waals surface area contributed by atoms with Crippen LogP contribution >= 0.6 is 0 Å². The fourth-order valence-electron chi connectivity index (χ4n) is 14.6. The van der Waals surface area contributed by atoms with Crippen LogP contribution in [0.3, 0.4) is 0 Å². The fraction of sp³-hybridized carbons (Fsp3) is 0.552. The lowest BCUT2D eigenvalue weighted by Crippen LogP contribution is -2.54. The Balaban J connectivity index is 0.933. The fourth-order valence-corrected chi connectivity index (χ4v) is 14.6. The lowest BCUT2D eigenvalue weighted by atomic mass is 9.64. The first kappa shape index (κ1) is 55.2. The van der Waals surface area contributed by atoms with Crippen molar-refractivity contribution in [1.82, 2.24) is 19.3 Å². The highest BCUT2D eigenvalue weighted by molar-refractivity contribution is 6.02. The molecule has 0 saturated carbocycles. The predicted octanol–water partition coefficient (Wildman–Crippen LogP) is 11.9. The minimum absolute atomic E-state index is 0.00146. The summed E-state index contributed by atoms with van der Waals surface area (Å²) in [4.78, 5) is 51.1. The van der Waals surface area contributed by atoms with E-state index in [4.69, 9.17) is 0 Å². The Kier molecular flexibility index (Phi) is 15.2. The van der Waals surface area contributed by atoms with E-state index in [1.807, 2.05) is 82.4 Å². The maximum atomic E-state index is 15.8. The van der Waals surface area contributed by atoms with Crippen molar-refractivity contribution in [3.63, 3.8) is 0 Å². The number of fused-ring (bicyclic) bond motifs is 4. The van der Waals surface area contributed by atoms with Gasteiger partial charge in [-0.2, -0.15) is 0 Å². The molecule has 0 radical (unpaired) electrons. The van der Waals surface area contributed by atoms with E-state index >= 15 is 9.18 Å². The molecule has 3 heterocycles. The maximum Gasteiger partial charge on any atom is 0.254 e. The molecule has 2 unspecified atom stereocenters. The first-order valence-corrected chi connectivity index (χ1v) is 29.0. The molecule has 9 heteroatoms. The largest absolute Gasteiger partial charge is 0.366 e. The van der Waals surface area contributed by atoms with Gasteiger partial charge in [0, 0.05) is 110 Å². The molecule has 4 aromatic carbocycles. The monoisotopic (exact) mass is 1030 g/mol. The summed E-state index contributed by atoms with van der Waals surface area (Å²) in [7, 11) is 5.55. The molecule has 0 N–H and O–H groups in total. The number of aryl methyl sites for hydroxylation is 1. The molecule has 2 atom stereocenters. The van der Waals surface area contributed by atoms with Crippen molar-refractivity contribution in [2.75, 3.05) is 52.2 Å². The first-order chi connectivity index (χ1) is 35.9. The van der Waals surface area contributed by atoms with Crippen LogP contribution in [0.1, 0.15) is 211 Å². The lowest BCUT2D eigenvalue weighted by Gasteiger charge is -2.48. The second-order valence-electron chi connectivity index (χ2n) is 26.0. The van der Waals surface area contributed by atoms with Crippen LogP contribution in [0.5, 0.6) is 0 Å². The second kappa shape index (κ2) is 21.0. The summed E-state index contributed by atoms with van der Waals surface area (Å²) in [5.74, 6) is 0.214. The molecule has 0 saturated heterocycles. The number of rotatable bonds is 14. The second-order valence-corrected chi connectivity index (χ2v) is 26.0. The van der Waals surface area contributed by atoms with Crippen LogP contribution in [-0.4, -0.2) is 102 Å². The highest BCUT2D eigenvalue weighted by Gasteiger charge is 2.44. The predicted molar refractivity (Wildman–Crippen MR) is 310 cm³/mol. The summed E-state index contributed by atoms with van der Waals surface area (Å²) in [5, 5.41) is 2.75. The summed E-state index contributed by atoms with van der Waals surface area (Å²) in [6.45, 7) is 26.1. The van der Waals surface area contributed by atoms with E-state index in [1.54, 1.807) is 15.9 Å². The first-order valence-electron chi connectivity index (χ1n) is 29.0. The molecule has 8 nitrogen and oxygen atoms in total. The van der Waals surface area contributed by atoms with Gasteiger partial charge in [-0.1, -0.05) is 69.7 Å². The number of allylic oxidation sites excluding steroid dienone is 2. The number of alkyl halides is 1. The van der Waals surface area contributed by atoms with E-state index < -0.39 is 16.7 Å². The van der Waals surface area contributed by atoms with Crippen molar-refractivity contribution >= 4 is 29.0 Å². The Morgan fingerprint density at radius 1 is 0.816 bits per heavy atom. The molecule has 0 spiro atoms. The van der Waals surface area contributed by atoms with Gasteiger partial charge in [0.15, 0.2) is 0 Å². The molecule has 2 aliphatic carbocycles. The van der Waals surface area contributed by atoms with Crippen LogP contribution < -0.4 is 20.1 Å². The topological polar surface area (TPSA) is 67.2 Å². The average molecular weight is 1030 g/mol. The Morgan fingerprint density at radius 3 is 2.24 bits per heavy atom. The van der Waals surface area contributed by atoms with Crippen LogP contribution in [0, 0.1) is 0 Å². The standard InChI is InChI=1S/C67H89FN5O3/c1-14-73-56-41-55-53(40-52(56)45(2)42-63(73,3)4)58(54-39-48-25-22-37-72-38-23-28-51(60(48)72)59(54)66(55,9)10)49-26-18-19-27-50(49)62(76)69(11)36-24-29-57(74)70(12)64(5,6)44-65(7,8)71(13)61(75)47-32-30-46(31-33-47)43-67(68)34-20-16-15-17-21-35-67/h18-20,26-27,30-34,39-41,45H,14-17,21-25,28-29,35-38,42-44H2,1-13H3/q+1.